The monoisotopic (exact) mass is 111 g/mol. The lowest BCUT2D eigenvalue weighted by Gasteiger charge is -1.91. The molecule has 0 spiro atoms. The summed E-state index contributed by atoms with van der Waals surface area (Å²) in [6, 6.07) is 1.71. The predicted octanol–water partition coefficient (Wildman–Crippen LogP) is -0.375. The average Bonchev–Trinajstić information content (AvgIpc) is 2.12. The molecule has 0 aliphatic carbocycles. The first-order valence-electron chi connectivity index (χ1n) is 2.15. The van der Waals surface area contributed by atoms with Crippen LogP contribution in [0.1, 0.15) is 0 Å². The predicted molar refractivity (Wildman–Crippen MR) is 29.5 cm³/mol. The van der Waals surface area contributed by atoms with Crippen molar-refractivity contribution in [2.24, 2.45) is 5.73 Å². The standard InChI is InChI=1S/C4H6N4/c5-4(6)8-3-1-2-7-8/h1-3H,(H3,5,6)/i4+1. The number of hydrogen-bond acceptors (Lipinski definition) is 2. The smallest absolute Gasteiger partial charge is 0.213 e. The van der Waals surface area contributed by atoms with Crippen LogP contribution in [0.5, 0.6) is 0 Å². The molecule has 0 saturated carbocycles. The Hall–Kier alpha value is -1.32. The van der Waals surface area contributed by atoms with Crippen molar-refractivity contribution in [1.82, 2.24) is 9.78 Å². The summed E-state index contributed by atoms with van der Waals surface area (Å²) in [5.74, 6) is -0.0602. The highest BCUT2D eigenvalue weighted by Gasteiger charge is 1.87. The molecular formula is C4H6N4. The maximum absolute atomic E-state index is 6.83. The minimum atomic E-state index is -0.0602. The van der Waals surface area contributed by atoms with Crippen LogP contribution in [-0.4, -0.2) is 15.7 Å². The largest absolute Gasteiger partial charge is 0.368 e. The minimum absolute atomic E-state index is 0.0602. The van der Waals surface area contributed by atoms with Crippen LogP contribution >= 0.6 is 0 Å². The lowest BCUT2D eigenvalue weighted by Crippen LogP contribution is -2.20. The summed E-state index contributed by atoms with van der Waals surface area (Å²) in [7, 11) is 0. The van der Waals surface area contributed by atoms with Gasteiger partial charge in [0.2, 0.25) is 5.96 Å². The van der Waals surface area contributed by atoms with Gasteiger partial charge in [-0.05, 0) is 6.07 Å². The first-order chi connectivity index (χ1) is 3.80. The lowest BCUT2D eigenvalue weighted by atomic mass is 10.8. The molecule has 0 amide bonds. The fourth-order valence-electron chi connectivity index (χ4n) is 0.411. The molecule has 0 saturated heterocycles. The third kappa shape index (κ3) is 0.676. The van der Waals surface area contributed by atoms with Gasteiger partial charge in [0.1, 0.15) is 0 Å². The summed E-state index contributed by atoms with van der Waals surface area (Å²) in [6.07, 6.45) is 3.18. The molecule has 1 aromatic rings. The molecule has 0 bridgehead atoms. The van der Waals surface area contributed by atoms with Gasteiger partial charge in [-0.3, -0.25) is 5.41 Å². The van der Waals surface area contributed by atoms with Crippen LogP contribution in [0.3, 0.4) is 0 Å². The molecule has 1 rings (SSSR count). The summed E-state index contributed by atoms with van der Waals surface area (Å²) in [4.78, 5) is 0. The van der Waals surface area contributed by atoms with Gasteiger partial charge in [-0.25, -0.2) is 4.68 Å². The molecule has 0 aliphatic heterocycles. The van der Waals surface area contributed by atoms with Gasteiger partial charge in [-0.1, -0.05) is 0 Å². The van der Waals surface area contributed by atoms with Crippen molar-refractivity contribution < 1.29 is 0 Å². The van der Waals surface area contributed by atoms with Gasteiger partial charge in [0.25, 0.3) is 0 Å². The Balaban J connectivity index is 2.93. The zero-order valence-electron chi connectivity index (χ0n) is 4.20. The molecule has 0 fully saturated rings. The van der Waals surface area contributed by atoms with Crippen LogP contribution < -0.4 is 5.73 Å². The van der Waals surface area contributed by atoms with E-state index in [4.69, 9.17) is 11.1 Å². The van der Waals surface area contributed by atoms with Crippen LogP contribution in [-0.2, 0) is 0 Å². The molecule has 1 aromatic heterocycles. The second kappa shape index (κ2) is 1.65. The van der Waals surface area contributed by atoms with Crippen LogP contribution in [0.2, 0.25) is 0 Å². The van der Waals surface area contributed by atoms with Gasteiger partial charge in [-0.15, -0.1) is 0 Å². The molecule has 0 radical (unpaired) electrons. The fourth-order valence-corrected chi connectivity index (χ4v) is 0.411. The molecule has 42 valence electrons. The molecular weight excluding hydrogens is 105 g/mol. The van der Waals surface area contributed by atoms with Gasteiger partial charge < -0.3 is 5.73 Å². The van der Waals surface area contributed by atoms with E-state index in [9.17, 15) is 0 Å². The third-order valence-corrected chi connectivity index (χ3v) is 0.751. The van der Waals surface area contributed by atoms with Crippen LogP contribution in [0.4, 0.5) is 0 Å². The molecule has 4 nitrogen and oxygen atoms in total. The zero-order valence-corrected chi connectivity index (χ0v) is 4.20. The van der Waals surface area contributed by atoms with E-state index in [1.54, 1.807) is 18.5 Å². The molecule has 8 heavy (non-hydrogen) atoms. The van der Waals surface area contributed by atoms with Crippen molar-refractivity contribution >= 4 is 5.96 Å². The Morgan fingerprint density at radius 3 is 2.75 bits per heavy atom. The second-order valence-corrected chi connectivity index (χ2v) is 1.34. The van der Waals surface area contributed by atoms with E-state index in [1.165, 1.54) is 4.68 Å². The minimum Gasteiger partial charge on any atom is -0.368 e. The van der Waals surface area contributed by atoms with Gasteiger partial charge in [0, 0.05) is 12.4 Å². The zero-order chi connectivity index (χ0) is 5.98. The Morgan fingerprint density at radius 1 is 1.75 bits per heavy atom. The molecule has 0 unspecified atom stereocenters. The van der Waals surface area contributed by atoms with Crippen molar-refractivity contribution in [2.45, 2.75) is 0 Å². The quantitative estimate of drug-likeness (QED) is 0.272. The number of nitrogen functional groups attached to an aromatic ring is 1. The highest BCUT2D eigenvalue weighted by Crippen LogP contribution is 1.77. The van der Waals surface area contributed by atoms with Gasteiger partial charge >= 0.3 is 0 Å². The number of nitrogens with one attached hydrogen (secondary N) is 1. The number of hydrogen-bond donors (Lipinski definition) is 2. The molecule has 0 aromatic carbocycles. The SMILES string of the molecule is N=[13C](N)n1cccn1. The Bertz CT molecular complexity index is 176. The summed E-state index contributed by atoms with van der Waals surface area (Å²) >= 11 is 0. The third-order valence-electron chi connectivity index (χ3n) is 0.751. The first kappa shape index (κ1) is 4.83. The lowest BCUT2D eigenvalue weighted by molar-refractivity contribution is 0.912. The highest BCUT2D eigenvalue weighted by molar-refractivity contribution is 5.75. The molecule has 0 aliphatic rings. The van der Waals surface area contributed by atoms with E-state index in [0.717, 1.165) is 0 Å². The van der Waals surface area contributed by atoms with Crippen LogP contribution in [0, 0.1) is 5.41 Å². The summed E-state index contributed by atoms with van der Waals surface area (Å²) in [5.41, 5.74) is 5.04. The van der Waals surface area contributed by atoms with Crippen LogP contribution in [0.25, 0.3) is 0 Å². The van der Waals surface area contributed by atoms with E-state index in [1.807, 2.05) is 0 Å². The summed E-state index contributed by atoms with van der Waals surface area (Å²) < 4.78 is 1.28. The normalized spacial score (nSPS) is 9.00. The van der Waals surface area contributed by atoms with Crippen molar-refractivity contribution in [3.8, 4) is 0 Å². The Labute approximate surface area is 46.4 Å². The second-order valence-electron chi connectivity index (χ2n) is 1.34. The van der Waals surface area contributed by atoms with Crippen molar-refractivity contribution in [3.05, 3.63) is 18.5 Å². The van der Waals surface area contributed by atoms with E-state index in [2.05, 4.69) is 5.10 Å². The summed E-state index contributed by atoms with van der Waals surface area (Å²) in [5, 5.41) is 10.5. The molecule has 1 heterocycles. The topological polar surface area (TPSA) is 67.7 Å². The number of nitrogens with two attached hydrogens (primary N) is 1. The van der Waals surface area contributed by atoms with Gasteiger partial charge in [0.05, 0.1) is 0 Å². The number of aromatic nitrogens is 2. The van der Waals surface area contributed by atoms with E-state index < -0.39 is 0 Å². The van der Waals surface area contributed by atoms with E-state index in [-0.39, 0.29) is 5.96 Å². The molecule has 3 N–H and O–H groups in total. The van der Waals surface area contributed by atoms with Crippen molar-refractivity contribution in [3.63, 3.8) is 0 Å². The van der Waals surface area contributed by atoms with Gasteiger partial charge in [0.15, 0.2) is 0 Å². The van der Waals surface area contributed by atoms with Gasteiger partial charge in [-0.2, -0.15) is 5.10 Å². The highest BCUT2D eigenvalue weighted by atomic mass is 15.5. The van der Waals surface area contributed by atoms with E-state index in [0.29, 0.717) is 0 Å². The number of rotatable bonds is 0. The maximum Gasteiger partial charge on any atom is 0.213 e. The summed E-state index contributed by atoms with van der Waals surface area (Å²) in [6.45, 7) is 0. The average molecular weight is 111 g/mol. The molecule has 4 heteroatoms. The first-order valence-corrected chi connectivity index (χ1v) is 2.15. The Kier molecular flexibility index (Phi) is 0.997. The van der Waals surface area contributed by atoms with E-state index >= 15 is 0 Å². The number of nitrogens with zero attached hydrogens (tertiary/aromatic N) is 2. The van der Waals surface area contributed by atoms with Crippen molar-refractivity contribution in [2.75, 3.05) is 0 Å². The fraction of sp³-hybridized carbons (Fsp3) is 0. The van der Waals surface area contributed by atoms with Crippen LogP contribution in [0.15, 0.2) is 18.5 Å². The Morgan fingerprint density at radius 2 is 2.50 bits per heavy atom. The molecule has 0 atom stereocenters. The van der Waals surface area contributed by atoms with Crippen molar-refractivity contribution in [1.29, 1.82) is 5.41 Å². The maximum atomic E-state index is 6.83.